The number of aromatic amines is 1. The van der Waals surface area contributed by atoms with E-state index in [1.807, 2.05) is 0 Å². The summed E-state index contributed by atoms with van der Waals surface area (Å²) in [5, 5.41) is 10.5. The second-order valence-electron chi connectivity index (χ2n) is 6.21. The number of H-pyrrole nitrogens is 1. The summed E-state index contributed by atoms with van der Waals surface area (Å²) in [5.41, 5.74) is 2.48. The number of halogens is 2. The number of hydrogen-bond acceptors (Lipinski definition) is 3. The van der Waals surface area contributed by atoms with Crippen molar-refractivity contribution >= 4 is 35.2 Å². The quantitative estimate of drug-likeness (QED) is 0.661. The van der Waals surface area contributed by atoms with Crippen LogP contribution in [0.1, 0.15) is 22.4 Å². The molecule has 0 aliphatic carbocycles. The van der Waals surface area contributed by atoms with Gasteiger partial charge in [0.05, 0.1) is 11.6 Å². The van der Waals surface area contributed by atoms with Gasteiger partial charge in [0.1, 0.15) is 11.4 Å². The Morgan fingerprint density at radius 1 is 1.29 bits per heavy atom. The third-order valence-electron chi connectivity index (χ3n) is 4.46. The zero-order chi connectivity index (χ0) is 19.8. The van der Waals surface area contributed by atoms with Gasteiger partial charge in [0, 0.05) is 22.9 Å². The standard InChI is InChI=1S/C21H13ClFN3O2/c1-2-12-3-5-13(6-4-12)11-26-20(27)17(25-21(26)28)9-14-10-24-19-15(14)7-8-16(22)18(19)23/h1,3-10,27H,11H2,(H,25,28)/b14-9+. The molecule has 2 N–H and O–H groups in total. The van der Waals surface area contributed by atoms with Gasteiger partial charge in [-0.3, -0.25) is 9.56 Å². The molecule has 0 amide bonds. The van der Waals surface area contributed by atoms with Crippen molar-refractivity contribution < 1.29 is 9.50 Å². The molecular formula is C21H13ClFN3O2. The highest BCUT2D eigenvalue weighted by atomic mass is 35.5. The number of aliphatic imine (C=N–C) groups is 1. The van der Waals surface area contributed by atoms with E-state index in [9.17, 15) is 14.3 Å². The Morgan fingerprint density at radius 3 is 2.75 bits per heavy atom. The molecule has 2 heterocycles. The molecule has 2 aromatic carbocycles. The fraction of sp³-hybridized carbons (Fsp3) is 0.0476. The molecule has 0 saturated carbocycles. The van der Waals surface area contributed by atoms with Gasteiger partial charge < -0.3 is 10.1 Å². The van der Waals surface area contributed by atoms with E-state index in [2.05, 4.69) is 15.9 Å². The second-order valence-corrected chi connectivity index (χ2v) is 6.62. The fourth-order valence-corrected chi connectivity index (χ4v) is 3.14. The van der Waals surface area contributed by atoms with E-state index in [0.717, 1.165) is 11.1 Å². The van der Waals surface area contributed by atoms with E-state index in [1.54, 1.807) is 30.3 Å². The molecule has 0 bridgehead atoms. The minimum absolute atomic E-state index is 0.0181. The number of terminal acetylenes is 1. The Morgan fingerprint density at radius 2 is 2.04 bits per heavy atom. The molecule has 0 fully saturated rings. The van der Waals surface area contributed by atoms with Crippen LogP contribution in [0.4, 0.5) is 10.1 Å². The van der Waals surface area contributed by atoms with E-state index in [0.29, 0.717) is 11.1 Å². The van der Waals surface area contributed by atoms with Gasteiger partial charge in [-0.15, -0.1) is 6.42 Å². The monoisotopic (exact) mass is 393 g/mol. The molecule has 1 aromatic heterocycles. The number of aromatic hydroxyl groups is 1. The number of hydrogen-bond donors (Lipinski definition) is 2. The minimum atomic E-state index is -0.607. The first-order valence-electron chi connectivity index (χ1n) is 8.29. The third kappa shape index (κ3) is 3.02. The van der Waals surface area contributed by atoms with Crippen LogP contribution in [0.25, 0.3) is 11.6 Å². The van der Waals surface area contributed by atoms with Crippen LogP contribution >= 0.6 is 11.6 Å². The molecule has 0 unspecified atom stereocenters. The van der Waals surface area contributed by atoms with E-state index in [4.69, 9.17) is 18.0 Å². The number of nitrogens with one attached hydrogen (secondary N) is 1. The number of aromatic nitrogens is 2. The largest absolute Gasteiger partial charge is 0.493 e. The topological polar surface area (TPSA) is 70.4 Å². The Labute approximate surface area is 164 Å². The van der Waals surface area contributed by atoms with Gasteiger partial charge in [0.15, 0.2) is 5.82 Å². The smallest absolute Gasteiger partial charge is 0.329 e. The Bertz CT molecular complexity index is 1240. The summed E-state index contributed by atoms with van der Waals surface area (Å²) in [6.07, 6.45) is 8.33. The highest BCUT2D eigenvalue weighted by molar-refractivity contribution is 6.31. The van der Waals surface area contributed by atoms with Crippen molar-refractivity contribution in [2.24, 2.45) is 4.99 Å². The van der Waals surface area contributed by atoms with Crippen LogP contribution < -0.4 is 5.69 Å². The molecule has 28 heavy (non-hydrogen) atoms. The number of benzene rings is 2. The van der Waals surface area contributed by atoms with Gasteiger partial charge in [-0.1, -0.05) is 35.7 Å². The Balaban J connectivity index is 1.69. The summed E-state index contributed by atoms with van der Waals surface area (Å²) >= 11 is 5.78. The number of imidazole rings is 1. The van der Waals surface area contributed by atoms with E-state index >= 15 is 0 Å². The maximum absolute atomic E-state index is 14.1. The van der Waals surface area contributed by atoms with E-state index < -0.39 is 11.5 Å². The number of nitrogens with zero attached hydrogens (tertiary/aromatic N) is 2. The zero-order valence-corrected chi connectivity index (χ0v) is 15.2. The first kappa shape index (κ1) is 17.8. The van der Waals surface area contributed by atoms with Crippen LogP contribution in [-0.2, 0) is 6.54 Å². The van der Waals surface area contributed by atoms with Crippen LogP contribution in [0.3, 0.4) is 0 Å². The van der Waals surface area contributed by atoms with Gasteiger partial charge in [-0.2, -0.15) is 0 Å². The van der Waals surface area contributed by atoms with Crippen molar-refractivity contribution in [3.63, 3.8) is 0 Å². The van der Waals surface area contributed by atoms with Crippen LogP contribution in [-0.4, -0.2) is 20.9 Å². The SMILES string of the molecule is C#Cc1ccc(Cn2c(O)c(/C=C3\C=Nc4c3ccc(Cl)c4F)[nH]c2=O)cc1. The van der Waals surface area contributed by atoms with E-state index in [1.165, 1.54) is 22.9 Å². The molecule has 3 aromatic rings. The maximum atomic E-state index is 14.1. The van der Waals surface area contributed by atoms with Gasteiger partial charge in [-0.25, -0.2) is 9.18 Å². The minimum Gasteiger partial charge on any atom is -0.493 e. The van der Waals surface area contributed by atoms with Crippen molar-refractivity contribution in [3.8, 4) is 18.2 Å². The first-order valence-corrected chi connectivity index (χ1v) is 8.67. The molecule has 1 aliphatic heterocycles. The predicted octanol–water partition coefficient (Wildman–Crippen LogP) is 3.96. The molecule has 0 atom stereocenters. The lowest BCUT2D eigenvalue weighted by atomic mass is 10.1. The lowest BCUT2D eigenvalue weighted by Gasteiger charge is -2.04. The Kier molecular flexibility index (Phi) is 4.38. The first-order chi connectivity index (χ1) is 13.5. The summed E-state index contributed by atoms with van der Waals surface area (Å²) < 4.78 is 15.3. The van der Waals surface area contributed by atoms with Crippen molar-refractivity contribution in [2.75, 3.05) is 0 Å². The fourth-order valence-electron chi connectivity index (χ4n) is 2.99. The van der Waals surface area contributed by atoms with Gasteiger partial charge in [0.25, 0.3) is 0 Å². The van der Waals surface area contributed by atoms with Gasteiger partial charge in [0.2, 0.25) is 5.88 Å². The molecule has 7 heteroatoms. The molecule has 138 valence electrons. The summed E-state index contributed by atoms with van der Waals surface area (Å²) in [6.45, 7) is 0.171. The van der Waals surface area contributed by atoms with Crippen LogP contribution in [0.15, 0.2) is 46.2 Å². The molecule has 0 spiro atoms. The molecular weight excluding hydrogens is 381 g/mol. The van der Waals surface area contributed by atoms with Crippen molar-refractivity contribution in [1.29, 1.82) is 0 Å². The second kappa shape index (κ2) is 6.87. The van der Waals surface area contributed by atoms with Gasteiger partial charge >= 0.3 is 5.69 Å². The zero-order valence-electron chi connectivity index (χ0n) is 14.4. The van der Waals surface area contributed by atoms with Crippen LogP contribution in [0.5, 0.6) is 5.88 Å². The number of fused-ring (bicyclic) bond motifs is 1. The predicted molar refractivity (Wildman–Crippen MR) is 108 cm³/mol. The van der Waals surface area contributed by atoms with Gasteiger partial charge in [-0.05, 0) is 29.8 Å². The lowest BCUT2D eigenvalue weighted by Crippen LogP contribution is -2.17. The summed E-state index contributed by atoms with van der Waals surface area (Å²) in [6, 6.07) is 10.2. The summed E-state index contributed by atoms with van der Waals surface area (Å²) in [4.78, 5) is 18.9. The average Bonchev–Trinajstić information content (AvgIpc) is 3.22. The highest BCUT2D eigenvalue weighted by Gasteiger charge is 2.20. The lowest BCUT2D eigenvalue weighted by molar-refractivity contribution is 0.420. The Hall–Kier alpha value is -3.56. The normalized spacial score (nSPS) is 13.7. The number of allylic oxidation sites excluding steroid dienone is 1. The van der Waals surface area contributed by atoms with Crippen molar-refractivity contribution in [1.82, 2.24) is 9.55 Å². The van der Waals surface area contributed by atoms with Crippen molar-refractivity contribution in [3.05, 3.63) is 80.1 Å². The van der Waals surface area contributed by atoms with Crippen LogP contribution in [0.2, 0.25) is 5.02 Å². The van der Waals surface area contributed by atoms with Crippen molar-refractivity contribution in [2.45, 2.75) is 6.54 Å². The highest BCUT2D eigenvalue weighted by Crippen LogP contribution is 2.38. The molecule has 0 radical (unpaired) electrons. The van der Waals surface area contributed by atoms with E-state index in [-0.39, 0.29) is 28.8 Å². The molecule has 5 nitrogen and oxygen atoms in total. The maximum Gasteiger partial charge on any atom is 0.329 e. The number of rotatable bonds is 3. The average molecular weight is 394 g/mol. The summed E-state index contributed by atoms with van der Waals surface area (Å²) in [5.74, 6) is 1.69. The van der Waals surface area contributed by atoms with Crippen LogP contribution in [0, 0.1) is 18.2 Å². The molecule has 4 rings (SSSR count). The molecule has 0 saturated heterocycles. The molecule has 1 aliphatic rings. The third-order valence-corrected chi connectivity index (χ3v) is 4.75. The summed E-state index contributed by atoms with van der Waals surface area (Å²) in [7, 11) is 0.